The molecule has 0 heterocycles. The maximum Gasteiger partial charge on any atom is 0.332 e. The molecule has 11 heavy (non-hydrogen) atoms. The van der Waals surface area contributed by atoms with E-state index < -0.39 is 27.2 Å². The van der Waals surface area contributed by atoms with Gasteiger partial charge in [-0.3, -0.25) is 9.59 Å². The summed E-state index contributed by atoms with van der Waals surface area (Å²) in [5.74, 6) is -3.25. The van der Waals surface area contributed by atoms with Crippen LogP contribution in [0.5, 0.6) is 0 Å². The first-order valence-corrected chi connectivity index (χ1v) is 3.88. The molecule has 0 aromatic rings. The van der Waals surface area contributed by atoms with Gasteiger partial charge in [-0.2, -0.15) is 8.42 Å². The van der Waals surface area contributed by atoms with E-state index in [0.717, 1.165) is 0 Å². The number of carbonyl (C=O) groups excluding carboxylic acids is 1. The van der Waals surface area contributed by atoms with Crippen molar-refractivity contribution in [1.82, 2.24) is 0 Å². The van der Waals surface area contributed by atoms with E-state index in [1.165, 1.54) is 0 Å². The van der Waals surface area contributed by atoms with Gasteiger partial charge in [0.05, 0.1) is 0 Å². The average molecular weight is 184 g/mol. The summed E-state index contributed by atoms with van der Waals surface area (Å²) in [6, 6.07) is 0. The Kier molecular flexibility index (Phi) is 2.69. The van der Waals surface area contributed by atoms with Crippen molar-refractivity contribution in [3.8, 4) is 0 Å². The molecule has 5 nitrogen and oxygen atoms in total. The summed E-state index contributed by atoms with van der Waals surface area (Å²) in [5, 5.41) is 5.46. The smallest absolute Gasteiger partial charge is 0.332 e. The quantitative estimate of drug-likeness (QED) is 0.464. The van der Waals surface area contributed by atoms with Crippen molar-refractivity contribution < 1.29 is 27.0 Å². The van der Waals surface area contributed by atoms with Crippen molar-refractivity contribution in [1.29, 1.82) is 0 Å². The van der Waals surface area contributed by atoms with Crippen molar-refractivity contribution in [2.75, 3.05) is 0 Å². The van der Waals surface area contributed by atoms with E-state index in [9.17, 15) is 21.9 Å². The van der Waals surface area contributed by atoms with Crippen LogP contribution in [0.4, 0.5) is 3.89 Å². The standard InChI is InChI=1S/C4H5FO5S/c1-2(6)3(4(7)8)11(5,9)10/h3H,1H3,(H,7,8). The summed E-state index contributed by atoms with van der Waals surface area (Å²) in [7, 11) is -5.31. The molecule has 1 N–H and O–H groups in total. The Morgan fingerprint density at radius 3 is 1.82 bits per heavy atom. The maximum atomic E-state index is 11.9. The van der Waals surface area contributed by atoms with Crippen LogP contribution in [0.25, 0.3) is 0 Å². The third kappa shape index (κ3) is 2.62. The molecular formula is C4H5FO5S. The molecule has 0 aromatic carbocycles. The van der Waals surface area contributed by atoms with Gasteiger partial charge < -0.3 is 5.11 Å². The van der Waals surface area contributed by atoms with Gasteiger partial charge in [0.2, 0.25) is 5.25 Å². The zero-order chi connectivity index (χ0) is 9.23. The highest BCUT2D eigenvalue weighted by molar-refractivity contribution is 7.88. The van der Waals surface area contributed by atoms with Crippen LogP contribution in [-0.4, -0.2) is 30.5 Å². The van der Waals surface area contributed by atoms with Crippen LogP contribution in [0.1, 0.15) is 6.92 Å². The Hall–Kier alpha value is -0.980. The lowest BCUT2D eigenvalue weighted by atomic mass is 10.3. The molecule has 0 amide bonds. The van der Waals surface area contributed by atoms with Crippen molar-refractivity contribution in [2.45, 2.75) is 12.2 Å². The zero-order valence-electron chi connectivity index (χ0n) is 5.44. The summed E-state index contributed by atoms with van der Waals surface area (Å²) in [6.45, 7) is 0.690. The first-order chi connectivity index (χ1) is 4.76. The van der Waals surface area contributed by atoms with Gasteiger partial charge in [0.15, 0.2) is 5.78 Å². The number of rotatable bonds is 3. The molecule has 0 radical (unpaired) electrons. The Bertz CT molecular complexity index is 265. The van der Waals surface area contributed by atoms with Crippen LogP contribution in [0, 0.1) is 0 Å². The molecule has 0 spiro atoms. The van der Waals surface area contributed by atoms with Gasteiger partial charge in [-0.25, -0.2) is 0 Å². The molecule has 0 aromatic heterocycles. The molecule has 0 saturated heterocycles. The van der Waals surface area contributed by atoms with Crippen LogP contribution < -0.4 is 0 Å². The number of hydrogen-bond acceptors (Lipinski definition) is 4. The SMILES string of the molecule is CC(=O)C(C(=O)O)S(=O)(=O)F. The lowest BCUT2D eigenvalue weighted by Crippen LogP contribution is -2.33. The van der Waals surface area contributed by atoms with E-state index in [2.05, 4.69) is 0 Å². The maximum absolute atomic E-state index is 11.9. The van der Waals surface area contributed by atoms with Gasteiger partial charge in [0.25, 0.3) is 0 Å². The second-order valence-corrected chi connectivity index (χ2v) is 3.23. The number of halogens is 1. The number of carboxylic acids is 1. The van der Waals surface area contributed by atoms with Crippen LogP contribution in [-0.2, 0) is 19.8 Å². The first kappa shape index (κ1) is 10.0. The fraction of sp³-hybridized carbons (Fsp3) is 0.500. The number of hydrogen-bond donors (Lipinski definition) is 1. The second kappa shape index (κ2) is 2.95. The molecule has 64 valence electrons. The summed E-state index contributed by atoms with van der Waals surface area (Å²) in [5.41, 5.74) is 0. The van der Waals surface area contributed by atoms with Gasteiger partial charge in [0, 0.05) is 0 Å². The van der Waals surface area contributed by atoms with E-state index >= 15 is 0 Å². The highest BCUT2D eigenvalue weighted by atomic mass is 32.3. The molecule has 0 bridgehead atoms. The number of ketones is 1. The van der Waals surface area contributed by atoms with E-state index in [1.54, 1.807) is 0 Å². The van der Waals surface area contributed by atoms with Crippen molar-refractivity contribution in [2.24, 2.45) is 0 Å². The molecule has 0 aliphatic rings. The summed E-state index contributed by atoms with van der Waals surface area (Å²) >= 11 is 0. The van der Waals surface area contributed by atoms with Crippen molar-refractivity contribution >= 4 is 22.0 Å². The lowest BCUT2D eigenvalue weighted by molar-refractivity contribution is -0.139. The Labute approximate surface area is 62.0 Å². The molecule has 1 atom stereocenters. The molecule has 0 aliphatic carbocycles. The summed E-state index contributed by atoms with van der Waals surface area (Å²) in [4.78, 5) is 20.2. The predicted molar refractivity (Wildman–Crippen MR) is 32.1 cm³/mol. The Balaban J connectivity index is 4.94. The van der Waals surface area contributed by atoms with Crippen LogP contribution in [0.3, 0.4) is 0 Å². The third-order valence-corrected chi connectivity index (χ3v) is 1.97. The van der Waals surface area contributed by atoms with Crippen LogP contribution in [0.2, 0.25) is 0 Å². The zero-order valence-corrected chi connectivity index (χ0v) is 6.26. The topological polar surface area (TPSA) is 88.5 Å². The summed E-state index contributed by atoms with van der Waals surface area (Å²) < 4.78 is 31.8. The molecule has 0 saturated carbocycles. The van der Waals surface area contributed by atoms with E-state index in [-0.39, 0.29) is 0 Å². The van der Waals surface area contributed by atoms with E-state index in [4.69, 9.17) is 5.11 Å². The molecule has 0 fully saturated rings. The largest absolute Gasteiger partial charge is 0.480 e. The van der Waals surface area contributed by atoms with Gasteiger partial charge in [0.1, 0.15) is 0 Å². The number of Topliss-reactive ketones (excluding diaryl/α,β-unsaturated/α-hetero) is 1. The predicted octanol–water partition coefficient (Wildman–Crippen LogP) is -0.672. The minimum absolute atomic E-state index is 0.690. The van der Waals surface area contributed by atoms with Gasteiger partial charge in [-0.15, -0.1) is 3.89 Å². The number of aliphatic carboxylic acids is 1. The fourth-order valence-corrected chi connectivity index (χ4v) is 1.13. The Morgan fingerprint density at radius 1 is 1.45 bits per heavy atom. The van der Waals surface area contributed by atoms with Gasteiger partial charge in [-0.05, 0) is 6.92 Å². The van der Waals surface area contributed by atoms with Gasteiger partial charge >= 0.3 is 16.2 Å². The fourth-order valence-electron chi connectivity index (χ4n) is 0.493. The van der Waals surface area contributed by atoms with Crippen molar-refractivity contribution in [3.05, 3.63) is 0 Å². The second-order valence-electron chi connectivity index (χ2n) is 1.80. The lowest BCUT2D eigenvalue weighted by Gasteiger charge is -2.00. The highest BCUT2D eigenvalue weighted by Crippen LogP contribution is 2.04. The number of carboxylic acid groups (broad SMARTS) is 1. The van der Waals surface area contributed by atoms with Crippen molar-refractivity contribution in [3.63, 3.8) is 0 Å². The van der Waals surface area contributed by atoms with Crippen LogP contribution >= 0.6 is 0 Å². The minimum atomic E-state index is -5.31. The molecule has 7 heteroatoms. The molecular weight excluding hydrogens is 179 g/mol. The monoisotopic (exact) mass is 184 g/mol. The number of carbonyl (C=O) groups is 2. The van der Waals surface area contributed by atoms with E-state index in [0.29, 0.717) is 6.92 Å². The first-order valence-electron chi connectivity index (χ1n) is 2.43. The van der Waals surface area contributed by atoms with E-state index in [1.807, 2.05) is 0 Å². The average Bonchev–Trinajstić information content (AvgIpc) is 1.54. The third-order valence-electron chi connectivity index (χ3n) is 0.875. The highest BCUT2D eigenvalue weighted by Gasteiger charge is 2.36. The summed E-state index contributed by atoms with van der Waals surface area (Å²) in [6.07, 6.45) is 0. The van der Waals surface area contributed by atoms with Gasteiger partial charge in [-0.1, -0.05) is 0 Å². The van der Waals surface area contributed by atoms with Crippen LogP contribution in [0.15, 0.2) is 0 Å². The molecule has 1 unspecified atom stereocenters. The normalized spacial score (nSPS) is 14.0. The molecule has 0 rings (SSSR count). The Morgan fingerprint density at radius 2 is 1.82 bits per heavy atom. The molecule has 0 aliphatic heterocycles. The minimum Gasteiger partial charge on any atom is -0.480 e.